The molecule has 0 atom stereocenters. The second-order valence-electron chi connectivity index (χ2n) is 5.53. The van der Waals surface area contributed by atoms with E-state index in [9.17, 15) is 19.5 Å². The average Bonchev–Trinajstić information content (AvgIpc) is 2.71. The molecule has 0 spiro atoms. The molecule has 0 aliphatic carbocycles. The fourth-order valence-corrected chi connectivity index (χ4v) is 2.12. The smallest absolute Gasteiger partial charge is 0.339 e. The van der Waals surface area contributed by atoms with Gasteiger partial charge in [-0.25, -0.2) is 10.2 Å². The summed E-state index contributed by atoms with van der Waals surface area (Å²) in [5, 5.41) is 15.4. The number of ether oxygens (including phenoxy) is 1. The first kappa shape index (κ1) is 20.4. The molecule has 0 radical (unpaired) electrons. The van der Waals surface area contributed by atoms with E-state index in [1.807, 2.05) is 30.3 Å². The number of carboxylic acid groups (broad SMARTS) is 1. The molecule has 2 aromatic carbocycles. The van der Waals surface area contributed by atoms with E-state index < -0.39 is 17.8 Å². The topological polar surface area (TPSA) is 117 Å². The molecule has 2 amide bonds. The number of carbonyl (C=O) groups excluding carboxylic acids is 2. The lowest BCUT2D eigenvalue weighted by atomic mass is 10.1. The highest BCUT2D eigenvalue weighted by molar-refractivity contribution is 6.35. The molecule has 0 aromatic heterocycles. The van der Waals surface area contributed by atoms with Crippen molar-refractivity contribution < 1.29 is 24.2 Å². The minimum Gasteiger partial charge on any atom is -0.488 e. The van der Waals surface area contributed by atoms with Crippen LogP contribution in [0.3, 0.4) is 0 Å². The van der Waals surface area contributed by atoms with E-state index in [1.165, 1.54) is 24.4 Å². The van der Waals surface area contributed by atoms with Crippen LogP contribution in [0.4, 0.5) is 0 Å². The Bertz CT molecular complexity index is 894. The number of carboxylic acids is 1. The minimum absolute atomic E-state index is 0.0464. The van der Waals surface area contributed by atoms with Gasteiger partial charge in [0.05, 0.1) is 6.21 Å². The number of nitrogens with one attached hydrogen (secondary N) is 2. The number of hydrogen-bond donors (Lipinski definition) is 3. The highest BCUT2D eigenvalue weighted by Gasteiger charge is 2.13. The molecular weight excluding hydrogens is 362 g/mol. The zero-order chi connectivity index (χ0) is 20.4. The fourth-order valence-electron chi connectivity index (χ4n) is 2.12. The summed E-state index contributed by atoms with van der Waals surface area (Å²) in [7, 11) is 0. The molecule has 28 heavy (non-hydrogen) atoms. The quantitative estimate of drug-likeness (QED) is 0.279. The van der Waals surface area contributed by atoms with Crippen molar-refractivity contribution in [3.8, 4) is 5.75 Å². The molecule has 0 heterocycles. The number of amides is 2. The lowest BCUT2D eigenvalue weighted by molar-refractivity contribution is -0.139. The maximum Gasteiger partial charge on any atom is 0.339 e. The number of hydrazone groups is 1. The summed E-state index contributed by atoms with van der Waals surface area (Å²) < 4.78 is 5.60. The maximum absolute atomic E-state index is 11.5. The monoisotopic (exact) mass is 381 g/mol. The summed E-state index contributed by atoms with van der Waals surface area (Å²) in [6, 6.07) is 13.8. The molecule has 2 rings (SSSR count). The molecule has 0 bridgehead atoms. The van der Waals surface area contributed by atoms with Crippen molar-refractivity contribution in [3.05, 3.63) is 77.9 Å². The number of hydrogen-bond acceptors (Lipinski definition) is 5. The molecule has 0 unspecified atom stereocenters. The molecule has 3 N–H and O–H groups in total. The van der Waals surface area contributed by atoms with Gasteiger partial charge >= 0.3 is 17.8 Å². The first-order valence-electron chi connectivity index (χ1n) is 8.27. The first-order valence-corrected chi connectivity index (χ1v) is 8.27. The lowest BCUT2D eigenvalue weighted by Crippen LogP contribution is -2.37. The van der Waals surface area contributed by atoms with Gasteiger partial charge in [-0.3, -0.25) is 9.59 Å². The Kier molecular flexibility index (Phi) is 7.47. The summed E-state index contributed by atoms with van der Waals surface area (Å²) in [5.74, 6) is -2.75. The molecule has 0 aliphatic rings. The molecule has 0 saturated carbocycles. The Morgan fingerprint density at radius 3 is 2.54 bits per heavy atom. The molecular formula is C20H19N3O5. The predicted octanol–water partition coefficient (Wildman–Crippen LogP) is 1.72. The largest absolute Gasteiger partial charge is 0.488 e. The number of aromatic carboxylic acids is 1. The highest BCUT2D eigenvalue weighted by atomic mass is 16.5. The summed E-state index contributed by atoms with van der Waals surface area (Å²) in [6.45, 7) is 3.80. The Hall–Kier alpha value is -3.94. The van der Waals surface area contributed by atoms with Crippen molar-refractivity contribution in [2.75, 3.05) is 6.54 Å². The van der Waals surface area contributed by atoms with Crippen LogP contribution in [0, 0.1) is 0 Å². The molecule has 0 fully saturated rings. The van der Waals surface area contributed by atoms with Crippen LogP contribution in [-0.2, 0) is 16.2 Å². The van der Waals surface area contributed by atoms with Crippen molar-refractivity contribution in [2.45, 2.75) is 6.61 Å². The first-order chi connectivity index (χ1) is 13.5. The Morgan fingerprint density at radius 1 is 1.11 bits per heavy atom. The lowest BCUT2D eigenvalue weighted by Gasteiger charge is -2.10. The van der Waals surface area contributed by atoms with Gasteiger partial charge in [-0.1, -0.05) is 36.4 Å². The molecule has 8 heteroatoms. The van der Waals surface area contributed by atoms with Gasteiger partial charge in [0, 0.05) is 6.54 Å². The van der Waals surface area contributed by atoms with Gasteiger partial charge in [0.25, 0.3) is 0 Å². The van der Waals surface area contributed by atoms with Gasteiger partial charge in [-0.05, 0) is 29.3 Å². The van der Waals surface area contributed by atoms with E-state index in [2.05, 4.69) is 22.4 Å². The predicted molar refractivity (Wildman–Crippen MR) is 103 cm³/mol. The number of nitrogens with zero attached hydrogens (tertiary/aromatic N) is 1. The van der Waals surface area contributed by atoms with Gasteiger partial charge in [-0.2, -0.15) is 5.10 Å². The van der Waals surface area contributed by atoms with Crippen LogP contribution in [-0.4, -0.2) is 35.6 Å². The van der Waals surface area contributed by atoms with Gasteiger partial charge in [0.1, 0.15) is 17.9 Å². The standard InChI is InChI=1S/C20H19N3O5/c1-2-10-21-18(24)19(25)23-22-12-15-8-9-17(16(11-15)20(26)27)28-13-14-6-4-3-5-7-14/h2-9,11-12H,1,10,13H2,(H,21,24)(H,23,25)(H,26,27)/b22-12-. The maximum atomic E-state index is 11.5. The molecule has 0 aliphatic heterocycles. The highest BCUT2D eigenvalue weighted by Crippen LogP contribution is 2.21. The summed E-state index contributed by atoms with van der Waals surface area (Å²) >= 11 is 0. The Balaban J connectivity index is 2.03. The van der Waals surface area contributed by atoms with E-state index in [0.717, 1.165) is 5.56 Å². The van der Waals surface area contributed by atoms with Crippen molar-refractivity contribution in [3.63, 3.8) is 0 Å². The van der Waals surface area contributed by atoms with E-state index >= 15 is 0 Å². The summed E-state index contributed by atoms with van der Waals surface area (Å²) in [5.41, 5.74) is 3.33. The fraction of sp³-hybridized carbons (Fsp3) is 0.100. The van der Waals surface area contributed by atoms with Crippen LogP contribution in [0.25, 0.3) is 0 Å². The van der Waals surface area contributed by atoms with E-state index in [-0.39, 0.29) is 24.5 Å². The molecule has 144 valence electrons. The van der Waals surface area contributed by atoms with Gasteiger partial charge in [0.2, 0.25) is 0 Å². The third kappa shape index (κ3) is 6.10. The third-order valence-corrected chi connectivity index (χ3v) is 3.46. The summed E-state index contributed by atoms with van der Waals surface area (Å²) in [6.07, 6.45) is 2.66. The summed E-state index contributed by atoms with van der Waals surface area (Å²) in [4.78, 5) is 34.4. The zero-order valence-corrected chi connectivity index (χ0v) is 14.9. The SMILES string of the molecule is C=CCNC(=O)C(=O)N/N=C\c1ccc(OCc2ccccc2)c(C(=O)O)c1. The zero-order valence-electron chi connectivity index (χ0n) is 14.9. The normalized spacial score (nSPS) is 10.3. The van der Waals surface area contributed by atoms with Crippen LogP contribution in [0.2, 0.25) is 0 Å². The molecule has 0 saturated heterocycles. The van der Waals surface area contributed by atoms with E-state index in [1.54, 1.807) is 6.07 Å². The van der Waals surface area contributed by atoms with Crippen LogP contribution in [0.1, 0.15) is 21.5 Å². The van der Waals surface area contributed by atoms with Gasteiger partial charge in [-0.15, -0.1) is 6.58 Å². The van der Waals surface area contributed by atoms with E-state index in [0.29, 0.717) is 5.56 Å². The van der Waals surface area contributed by atoms with Crippen LogP contribution in [0.15, 0.2) is 66.3 Å². The molecule has 2 aromatic rings. The van der Waals surface area contributed by atoms with Crippen molar-refractivity contribution >= 4 is 24.0 Å². The van der Waals surface area contributed by atoms with Crippen LogP contribution in [0.5, 0.6) is 5.75 Å². The van der Waals surface area contributed by atoms with Crippen molar-refractivity contribution in [1.82, 2.24) is 10.7 Å². The van der Waals surface area contributed by atoms with Crippen LogP contribution < -0.4 is 15.5 Å². The van der Waals surface area contributed by atoms with Gasteiger partial charge < -0.3 is 15.2 Å². The minimum atomic E-state index is -1.16. The third-order valence-electron chi connectivity index (χ3n) is 3.46. The number of rotatable bonds is 8. The Morgan fingerprint density at radius 2 is 1.86 bits per heavy atom. The average molecular weight is 381 g/mol. The number of carbonyl (C=O) groups is 3. The second-order valence-corrected chi connectivity index (χ2v) is 5.53. The van der Waals surface area contributed by atoms with Crippen molar-refractivity contribution in [1.29, 1.82) is 0 Å². The van der Waals surface area contributed by atoms with Gasteiger partial charge in [0.15, 0.2) is 0 Å². The number of benzene rings is 2. The Labute approximate surface area is 161 Å². The second kappa shape index (κ2) is 10.3. The van der Waals surface area contributed by atoms with Crippen LogP contribution >= 0.6 is 0 Å². The van der Waals surface area contributed by atoms with Crippen molar-refractivity contribution in [2.24, 2.45) is 5.10 Å². The van der Waals surface area contributed by atoms with E-state index in [4.69, 9.17) is 4.74 Å². The molecule has 8 nitrogen and oxygen atoms in total.